The molecule has 8 nitrogen and oxygen atoms in total. The molecule has 0 aliphatic heterocycles. The minimum absolute atomic E-state index is 0.0699. The average Bonchev–Trinajstić information content (AvgIpc) is 2.53. The van der Waals surface area contributed by atoms with Crippen molar-refractivity contribution in [2.24, 2.45) is 0 Å². The third-order valence-corrected chi connectivity index (χ3v) is 5.00. The smallest absolute Gasteiger partial charge is 0.323 e. The molecular formula is C16H22N2O6S. The van der Waals surface area contributed by atoms with Crippen LogP contribution in [0.1, 0.15) is 23.7 Å². The molecular weight excluding hydrogens is 348 g/mol. The van der Waals surface area contributed by atoms with Crippen molar-refractivity contribution in [3.8, 4) is 0 Å². The lowest BCUT2D eigenvalue weighted by atomic mass is 10.2. The average molecular weight is 370 g/mol. The highest BCUT2D eigenvalue weighted by molar-refractivity contribution is 7.92. The van der Waals surface area contributed by atoms with E-state index >= 15 is 0 Å². The first-order valence-electron chi connectivity index (χ1n) is 7.62. The van der Waals surface area contributed by atoms with E-state index < -0.39 is 39.9 Å². The molecule has 25 heavy (non-hydrogen) atoms. The van der Waals surface area contributed by atoms with E-state index in [9.17, 15) is 22.8 Å². The summed E-state index contributed by atoms with van der Waals surface area (Å²) in [4.78, 5) is 37.1. The number of aliphatic carboxylic acids is 1. The van der Waals surface area contributed by atoms with E-state index in [1.54, 1.807) is 0 Å². The maximum atomic E-state index is 12.4. The first kappa shape index (κ1) is 20.6. The molecule has 1 N–H and O–H groups in total. The number of rotatable bonds is 8. The topological polar surface area (TPSA) is 112 Å². The maximum absolute atomic E-state index is 12.4. The normalized spacial score (nSPS) is 11.0. The van der Waals surface area contributed by atoms with Gasteiger partial charge in [-0.1, -0.05) is 6.92 Å². The van der Waals surface area contributed by atoms with Gasteiger partial charge in [0.15, 0.2) is 9.84 Å². The predicted octanol–water partition coefficient (Wildman–Crippen LogP) is 0.485. The number of carboxylic acid groups (broad SMARTS) is 1. The molecule has 0 saturated carbocycles. The van der Waals surface area contributed by atoms with Crippen LogP contribution < -0.4 is 0 Å². The Morgan fingerprint density at radius 3 is 2.08 bits per heavy atom. The lowest BCUT2D eigenvalue weighted by Gasteiger charge is -2.20. The number of carboxylic acids is 1. The largest absolute Gasteiger partial charge is 0.480 e. The van der Waals surface area contributed by atoms with Crippen molar-refractivity contribution in [2.45, 2.75) is 18.2 Å². The van der Waals surface area contributed by atoms with E-state index in [0.29, 0.717) is 6.42 Å². The van der Waals surface area contributed by atoms with Crippen LogP contribution in [0.15, 0.2) is 29.2 Å². The summed E-state index contributed by atoms with van der Waals surface area (Å²) in [5.41, 5.74) is 0.188. The number of hydrogen-bond acceptors (Lipinski definition) is 5. The number of benzene rings is 1. The van der Waals surface area contributed by atoms with E-state index in [-0.39, 0.29) is 17.0 Å². The second kappa shape index (κ2) is 8.61. The van der Waals surface area contributed by atoms with E-state index in [2.05, 4.69) is 0 Å². The fourth-order valence-electron chi connectivity index (χ4n) is 2.05. The minimum atomic E-state index is -3.81. The summed E-state index contributed by atoms with van der Waals surface area (Å²) in [6, 6.07) is 5.13. The zero-order chi connectivity index (χ0) is 19.2. The summed E-state index contributed by atoms with van der Waals surface area (Å²) in [6.07, 6.45) is 0.595. The predicted molar refractivity (Wildman–Crippen MR) is 91.0 cm³/mol. The van der Waals surface area contributed by atoms with Crippen molar-refractivity contribution in [2.75, 3.05) is 32.9 Å². The van der Waals surface area contributed by atoms with Crippen LogP contribution in [0.4, 0.5) is 0 Å². The Balaban J connectivity index is 2.99. The summed E-state index contributed by atoms with van der Waals surface area (Å²) in [5.74, 6) is -2.81. The van der Waals surface area contributed by atoms with Gasteiger partial charge in [-0.05, 0) is 30.7 Å². The van der Waals surface area contributed by atoms with E-state index in [0.717, 1.165) is 0 Å². The fourth-order valence-corrected chi connectivity index (χ4v) is 3.35. The molecule has 0 aliphatic rings. The molecule has 1 aromatic rings. The Kier molecular flexibility index (Phi) is 7.10. The second-order valence-electron chi connectivity index (χ2n) is 5.69. The van der Waals surface area contributed by atoms with Gasteiger partial charge in [-0.3, -0.25) is 14.4 Å². The first-order chi connectivity index (χ1) is 11.6. The number of carbonyl (C=O) groups is 3. The van der Waals surface area contributed by atoms with Crippen LogP contribution in [-0.2, 0) is 19.4 Å². The van der Waals surface area contributed by atoms with Crippen LogP contribution in [0.2, 0.25) is 0 Å². The Morgan fingerprint density at radius 2 is 1.64 bits per heavy atom. The summed E-state index contributed by atoms with van der Waals surface area (Å²) in [7, 11) is -0.881. The molecule has 138 valence electrons. The van der Waals surface area contributed by atoms with Gasteiger partial charge in [0.25, 0.3) is 5.91 Å². The van der Waals surface area contributed by atoms with Crippen LogP contribution in [0.25, 0.3) is 0 Å². The maximum Gasteiger partial charge on any atom is 0.323 e. The van der Waals surface area contributed by atoms with Crippen molar-refractivity contribution in [3.63, 3.8) is 0 Å². The van der Waals surface area contributed by atoms with Crippen molar-refractivity contribution >= 4 is 27.6 Å². The second-order valence-corrected chi connectivity index (χ2v) is 7.68. The summed E-state index contributed by atoms with van der Waals surface area (Å²) in [6.45, 7) is 1.67. The molecule has 1 aromatic carbocycles. The van der Waals surface area contributed by atoms with Gasteiger partial charge in [0, 0.05) is 26.2 Å². The zero-order valence-corrected chi connectivity index (χ0v) is 15.2. The molecule has 0 aliphatic carbocycles. The molecule has 9 heteroatoms. The number of carbonyl (C=O) groups excluding carboxylic acids is 2. The third kappa shape index (κ3) is 5.86. The lowest BCUT2D eigenvalue weighted by molar-refractivity contribution is -0.137. The number of nitrogens with zero attached hydrogens (tertiary/aromatic N) is 2. The Morgan fingerprint density at radius 1 is 1.08 bits per heavy atom. The van der Waals surface area contributed by atoms with Crippen molar-refractivity contribution < 1.29 is 27.9 Å². The van der Waals surface area contributed by atoms with Crippen molar-refractivity contribution in [3.05, 3.63) is 29.8 Å². The van der Waals surface area contributed by atoms with Crippen LogP contribution >= 0.6 is 0 Å². The van der Waals surface area contributed by atoms with E-state index in [1.165, 1.54) is 48.2 Å². The lowest BCUT2D eigenvalue weighted by Crippen LogP contribution is -2.36. The van der Waals surface area contributed by atoms with Gasteiger partial charge >= 0.3 is 5.97 Å². The number of hydrogen-bond donors (Lipinski definition) is 1. The van der Waals surface area contributed by atoms with Crippen molar-refractivity contribution in [1.29, 1.82) is 0 Å². The fraction of sp³-hybridized carbons (Fsp3) is 0.438. The number of amides is 2. The molecule has 2 amide bonds. The number of sulfone groups is 1. The SMILES string of the molecule is CCCN(CC(=O)O)C(=O)c1ccc(S(=O)(=O)CC(=O)N(C)C)cc1. The van der Waals surface area contributed by atoms with Gasteiger partial charge in [0.2, 0.25) is 5.91 Å². The molecule has 0 heterocycles. The minimum Gasteiger partial charge on any atom is -0.480 e. The summed E-state index contributed by atoms with van der Waals surface area (Å²) in [5, 5.41) is 8.88. The molecule has 0 atom stereocenters. The Bertz CT molecular complexity index is 740. The quantitative estimate of drug-likeness (QED) is 0.712. The highest BCUT2D eigenvalue weighted by atomic mass is 32.2. The van der Waals surface area contributed by atoms with Crippen LogP contribution in [-0.4, -0.2) is 74.0 Å². The van der Waals surface area contributed by atoms with Crippen LogP contribution in [0.3, 0.4) is 0 Å². The van der Waals surface area contributed by atoms with E-state index in [4.69, 9.17) is 5.11 Å². The monoisotopic (exact) mass is 370 g/mol. The van der Waals surface area contributed by atoms with Gasteiger partial charge in [0.1, 0.15) is 12.3 Å². The van der Waals surface area contributed by atoms with E-state index in [1.807, 2.05) is 6.92 Å². The molecule has 0 bridgehead atoms. The molecule has 0 saturated heterocycles. The van der Waals surface area contributed by atoms with Gasteiger partial charge in [-0.2, -0.15) is 0 Å². The molecule has 0 fully saturated rings. The molecule has 0 unspecified atom stereocenters. The molecule has 0 spiro atoms. The highest BCUT2D eigenvalue weighted by Crippen LogP contribution is 2.14. The summed E-state index contributed by atoms with van der Waals surface area (Å²) >= 11 is 0. The van der Waals surface area contributed by atoms with Crippen molar-refractivity contribution in [1.82, 2.24) is 9.80 Å². The van der Waals surface area contributed by atoms with Gasteiger partial charge in [-0.25, -0.2) is 8.42 Å². The van der Waals surface area contributed by atoms with Gasteiger partial charge < -0.3 is 14.9 Å². The summed E-state index contributed by atoms with van der Waals surface area (Å²) < 4.78 is 24.4. The third-order valence-electron chi connectivity index (χ3n) is 3.38. The van der Waals surface area contributed by atoms with Crippen LogP contribution in [0, 0.1) is 0 Å². The Labute approximate surface area is 147 Å². The van der Waals surface area contributed by atoms with Crippen LogP contribution in [0.5, 0.6) is 0 Å². The molecule has 0 aromatic heterocycles. The van der Waals surface area contributed by atoms with Gasteiger partial charge in [0.05, 0.1) is 4.90 Å². The standard InChI is InChI=1S/C16H22N2O6S/c1-4-9-18(10-15(20)21)16(22)12-5-7-13(8-6-12)25(23,24)11-14(19)17(2)3/h5-8H,4,9-11H2,1-3H3,(H,20,21). The first-order valence-corrected chi connectivity index (χ1v) is 9.27. The molecule has 0 radical (unpaired) electrons. The van der Waals surface area contributed by atoms with Gasteiger partial charge in [-0.15, -0.1) is 0 Å². The molecule has 1 rings (SSSR count). The highest BCUT2D eigenvalue weighted by Gasteiger charge is 2.22. The Hall–Kier alpha value is -2.42. The zero-order valence-electron chi connectivity index (χ0n) is 14.4.